The first-order valence-electron chi connectivity index (χ1n) is 13.7. The predicted octanol–water partition coefficient (Wildman–Crippen LogP) is 6.23. The van der Waals surface area contributed by atoms with Crippen molar-refractivity contribution in [2.75, 3.05) is 18.0 Å². The molecule has 0 aliphatic carbocycles. The first kappa shape index (κ1) is 33.2. The van der Waals surface area contributed by atoms with E-state index >= 15 is 0 Å². The fraction of sp³-hybridized carbons (Fsp3) is 0.355. The highest BCUT2D eigenvalue weighted by molar-refractivity contribution is 7.92. The monoisotopic (exact) mass is 633 g/mol. The van der Waals surface area contributed by atoms with Crippen LogP contribution in [-0.2, 0) is 26.2 Å². The molecule has 0 fully saturated rings. The highest BCUT2D eigenvalue weighted by Crippen LogP contribution is 2.33. The van der Waals surface area contributed by atoms with Gasteiger partial charge in [-0.25, -0.2) is 8.42 Å². The van der Waals surface area contributed by atoms with E-state index in [1.807, 2.05) is 20.8 Å². The molecule has 0 radical (unpaired) electrons. The molecule has 3 aromatic carbocycles. The highest BCUT2D eigenvalue weighted by Gasteiger charge is 2.35. The van der Waals surface area contributed by atoms with Crippen LogP contribution in [0.4, 0.5) is 5.69 Å². The van der Waals surface area contributed by atoms with Crippen molar-refractivity contribution in [1.29, 1.82) is 0 Å². The Balaban J connectivity index is 2.14. The SMILES string of the molecule is CC[C@@H](C)NC(=O)[C@@H](CC)N(Cc1c(Cl)cccc1Cl)C(=O)CN(c1ccccc1OC)S(=O)(=O)c1ccc(C)cc1. The summed E-state index contributed by atoms with van der Waals surface area (Å²) in [6.07, 6.45) is 0.971. The van der Waals surface area contributed by atoms with E-state index in [9.17, 15) is 18.0 Å². The minimum absolute atomic E-state index is 0.00839. The number of benzene rings is 3. The molecule has 0 bridgehead atoms. The van der Waals surface area contributed by atoms with Crippen molar-refractivity contribution in [3.05, 3.63) is 87.9 Å². The average Bonchev–Trinajstić information content (AvgIpc) is 2.97. The summed E-state index contributed by atoms with van der Waals surface area (Å²) in [5.74, 6) is -0.699. The van der Waals surface area contributed by atoms with Crippen LogP contribution in [0.3, 0.4) is 0 Å². The third-order valence-corrected chi connectivity index (χ3v) is 9.50. The Kier molecular flexibility index (Phi) is 11.7. The standard InChI is InChI=1S/C31H37Cl2N3O5S/c1-6-22(4)34-31(38)27(7-2)35(19-24-25(32)11-10-12-26(24)33)30(37)20-36(28-13-8-9-14-29(28)41-5)42(39,40)23-17-15-21(3)16-18-23/h8-18,22,27H,6-7,19-20H2,1-5H3,(H,34,38)/t22-,27-/m1/s1. The number of methoxy groups -OCH3 is 1. The Labute approximate surface area is 258 Å². The van der Waals surface area contributed by atoms with Gasteiger partial charge < -0.3 is 15.0 Å². The summed E-state index contributed by atoms with van der Waals surface area (Å²) in [5.41, 5.74) is 1.52. The molecule has 2 atom stereocenters. The van der Waals surface area contributed by atoms with Crippen LogP contribution in [0.5, 0.6) is 5.75 Å². The Morgan fingerprint density at radius 2 is 1.55 bits per heavy atom. The molecule has 0 spiro atoms. The fourth-order valence-corrected chi connectivity index (χ4v) is 6.34. The van der Waals surface area contributed by atoms with Gasteiger partial charge in [0.05, 0.1) is 17.7 Å². The molecule has 0 heterocycles. The molecular formula is C31H37Cl2N3O5S. The van der Waals surface area contributed by atoms with E-state index in [2.05, 4.69) is 5.32 Å². The lowest BCUT2D eigenvalue weighted by Gasteiger charge is -2.34. The molecule has 2 amide bonds. The fourth-order valence-electron chi connectivity index (χ4n) is 4.40. The highest BCUT2D eigenvalue weighted by atomic mass is 35.5. The topological polar surface area (TPSA) is 96.0 Å². The van der Waals surface area contributed by atoms with E-state index in [1.165, 1.54) is 24.1 Å². The maximum Gasteiger partial charge on any atom is 0.264 e. The molecule has 0 aliphatic heterocycles. The summed E-state index contributed by atoms with van der Waals surface area (Å²) in [6.45, 7) is 6.75. The lowest BCUT2D eigenvalue weighted by molar-refractivity contribution is -0.140. The number of anilines is 1. The number of nitrogens with one attached hydrogen (secondary N) is 1. The number of nitrogens with zero attached hydrogens (tertiary/aromatic N) is 2. The van der Waals surface area contributed by atoms with Crippen LogP contribution < -0.4 is 14.4 Å². The first-order chi connectivity index (χ1) is 19.9. The number of carbonyl (C=O) groups excluding carboxylic acids is 2. The second kappa shape index (κ2) is 14.8. The maximum atomic E-state index is 14.3. The molecule has 0 saturated carbocycles. The number of amides is 2. The minimum atomic E-state index is -4.24. The Hall–Kier alpha value is -3.27. The predicted molar refractivity (Wildman–Crippen MR) is 168 cm³/mol. The molecule has 42 heavy (non-hydrogen) atoms. The average molecular weight is 635 g/mol. The van der Waals surface area contributed by atoms with Crippen LogP contribution in [-0.4, -0.2) is 50.9 Å². The number of aryl methyl sites for hydroxylation is 1. The molecule has 3 aromatic rings. The zero-order chi connectivity index (χ0) is 31.0. The van der Waals surface area contributed by atoms with Gasteiger partial charge >= 0.3 is 0 Å². The Bertz CT molecular complexity index is 1480. The van der Waals surface area contributed by atoms with E-state index in [4.69, 9.17) is 27.9 Å². The van der Waals surface area contributed by atoms with E-state index in [0.717, 1.165) is 9.87 Å². The zero-order valence-electron chi connectivity index (χ0n) is 24.4. The van der Waals surface area contributed by atoms with Crippen LogP contribution in [0.25, 0.3) is 0 Å². The Morgan fingerprint density at radius 3 is 2.12 bits per heavy atom. The van der Waals surface area contributed by atoms with Crippen LogP contribution in [0.15, 0.2) is 71.6 Å². The zero-order valence-corrected chi connectivity index (χ0v) is 26.8. The number of halogens is 2. The summed E-state index contributed by atoms with van der Waals surface area (Å²) in [4.78, 5) is 29.0. The number of hydrogen-bond donors (Lipinski definition) is 1. The van der Waals surface area contributed by atoms with Gasteiger partial charge in [-0.1, -0.05) is 72.9 Å². The number of carbonyl (C=O) groups is 2. The molecule has 0 saturated heterocycles. The van der Waals surface area contributed by atoms with E-state index in [0.29, 0.717) is 22.0 Å². The number of hydrogen-bond acceptors (Lipinski definition) is 5. The number of sulfonamides is 1. The smallest absolute Gasteiger partial charge is 0.264 e. The molecule has 0 aromatic heterocycles. The molecule has 1 N–H and O–H groups in total. The quantitative estimate of drug-likeness (QED) is 0.241. The van der Waals surface area contributed by atoms with Crippen LogP contribution >= 0.6 is 23.2 Å². The number of para-hydroxylation sites is 2. The van der Waals surface area contributed by atoms with Crippen LogP contribution in [0.1, 0.15) is 44.7 Å². The second-order valence-electron chi connectivity index (χ2n) is 9.96. The van der Waals surface area contributed by atoms with Gasteiger partial charge in [0, 0.05) is 28.2 Å². The summed E-state index contributed by atoms with van der Waals surface area (Å²) in [7, 11) is -2.82. The van der Waals surface area contributed by atoms with Crippen molar-refractivity contribution in [2.24, 2.45) is 0 Å². The Morgan fingerprint density at radius 1 is 0.929 bits per heavy atom. The van der Waals surface area contributed by atoms with Crippen molar-refractivity contribution in [1.82, 2.24) is 10.2 Å². The number of rotatable bonds is 13. The van der Waals surface area contributed by atoms with Crippen molar-refractivity contribution in [3.63, 3.8) is 0 Å². The van der Waals surface area contributed by atoms with Gasteiger partial charge in [-0.15, -0.1) is 0 Å². The summed E-state index contributed by atoms with van der Waals surface area (Å²) in [5, 5.41) is 3.60. The van der Waals surface area contributed by atoms with E-state index in [-0.39, 0.29) is 41.2 Å². The van der Waals surface area contributed by atoms with Gasteiger partial charge in [0.1, 0.15) is 18.3 Å². The largest absolute Gasteiger partial charge is 0.495 e. The third kappa shape index (κ3) is 7.76. The maximum absolute atomic E-state index is 14.3. The van der Waals surface area contributed by atoms with E-state index < -0.39 is 28.5 Å². The lowest BCUT2D eigenvalue weighted by Crippen LogP contribution is -2.53. The van der Waals surface area contributed by atoms with E-state index in [1.54, 1.807) is 61.5 Å². The van der Waals surface area contributed by atoms with Gasteiger partial charge in [0.15, 0.2) is 0 Å². The van der Waals surface area contributed by atoms with Gasteiger partial charge in [0.25, 0.3) is 10.0 Å². The van der Waals surface area contributed by atoms with Crippen LogP contribution in [0, 0.1) is 6.92 Å². The van der Waals surface area contributed by atoms with Gasteiger partial charge in [-0.05, 0) is 63.1 Å². The van der Waals surface area contributed by atoms with Gasteiger partial charge in [-0.3, -0.25) is 13.9 Å². The molecule has 8 nitrogen and oxygen atoms in total. The van der Waals surface area contributed by atoms with Gasteiger partial charge in [-0.2, -0.15) is 0 Å². The van der Waals surface area contributed by atoms with Crippen molar-refractivity contribution >= 4 is 50.7 Å². The molecular weight excluding hydrogens is 597 g/mol. The summed E-state index contributed by atoms with van der Waals surface area (Å²) in [6, 6.07) is 16.9. The third-order valence-electron chi connectivity index (χ3n) is 7.02. The van der Waals surface area contributed by atoms with Crippen molar-refractivity contribution in [3.8, 4) is 5.75 Å². The molecule has 226 valence electrons. The summed E-state index contributed by atoms with van der Waals surface area (Å²) < 4.78 is 34.6. The van der Waals surface area contributed by atoms with Gasteiger partial charge in [0.2, 0.25) is 11.8 Å². The molecule has 0 unspecified atom stereocenters. The second-order valence-corrected chi connectivity index (χ2v) is 12.6. The van der Waals surface area contributed by atoms with Crippen LogP contribution in [0.2, 0.25) is 10.0 Å². The lowest BCUT2D eigenvalue weighted by atomic mass is 10.1. The number of ether oxygens (including phenoxy) is 1. The normalized spacial score (nSPS) is 12.7. The van der Waals surface area contributed by atoms with Crippen molar-refractivity contribution < 1.29 is 22.7 Å². The van der Waals surface area contributed by atoms with Crippen molar-refractivity contribution in [2.45, 2.75) is 64.1 Å². The molecule has 0 aliphatic rings. The molecule has 11 heteroatoms. The molecule has 3 rings (SSSR count). The minimum Gasteiger partial charge on any atom is -0.495 e. The summed E-state index contributed by atoms with van der Waals surface area (Å²) >= 11 is 12.9. The first-order valence-corrected chi connectivity index (χ1v) is 15.9.